The fourth-order valence-electron chi connectivity index (χ4n) is 2.65. The van der Waals surface area contributed by atoms with E-state index in [0.29, 0.717) is 6.54 Å². The molecule has 1 fully saturated rings. The summed E-state index contributed by atoms with van der Waals surface area (Å²) in [6.07, 6.45) is 3.20. The topological polar surface area (TPSA) is 42.2 Å². The molecule has 1 aliphatic rings. The number of hydrogen-bond acceptors (Lipinski definition) is 3. The van der Waals surface area contributed by atoms with E-state index in [1.54, 1.807) is 0 Å². The summed E-state index contributed by atoms with van der Waals surface area (Å²) in [7, 11) is 0. The Morgan fingerprint density at radius 1 is 1.38 bits per heavy atom. The van der Waals surface area contributed by atoms with Crippen molar-refractivity contribution in [2.24, 2.45) is 17.6 Å². The first-order chi connectivity index (χ1) is 7.69. The number of anilines is 1. The van der Waals surface area contributed by atoms with Crippen LogP contribution >= 0.6 is 0 Å². The largest absolute Gasteiger partial charge is 0.371 e. The maximum Gasteiger partial charge on any atom is 0.0560 e. The van der Waals surface area contributed by atoms with Crippen LogP contribution in [0.25, 0.3) is 0 Å². The molecular formula is C13H21N3. The lowest BCUT2D eigenvalue weighted by molar-refractivity contribution is 0.357. The van der Waals surface area contributed by atoms with Crippen molar-refractivity contribution in [3.8, 4) is 0 Å². The van der Waals surface area contributed by atoms with E-state index in [2.05, 4.69) is 35.9 Å². The van der Waals surface area contributed by atoms with Gasteiger partial charge in [-0.05, 0) is 30.4 Å². The standard InChI is InChI=1S/C13H21N3/c1-10-5-11(2)9-16(8-10)13-3-4-15-12(6-13)7-14/h3-4,6,10-11H,5,7-9,14H2,1-2H3. The fraction of sp³-hybridized carbons (Fsp3) is 0.615. The van der Waals surface area contributed by atoms with E-state index in [4.69, 9.17) is 5.73 Å². The van der Waals surface area contributed by atoms with Gasteiger partial charge in [0.25, 0.3) is 0 Å². The van der Waals surface area contributed by atoms with E-state index in [9.17, 15) is 0 Å². The second-order valence-corrected chi connectivity index (χ2v) is 5.06. The van der Waals surface area contributed by atoms with Crippen LogP contribution in [0.15, 0.2) is 18.3 Å². The van der Waals surface area contributed by atoms with Gasteiger partial charge in [0.1, 0.15) is 0 Å². The Labute approximate surface area is 97.7 Å². The molecule has 0 saturated carbocycles. The van der Waals surface area contributed by atoms with Crippen LogP contribution in [0.1, 0.15) is 26.0 Å². The molecule has 3 nitrogen and oxygen atoms in total. The van der Waals surface area contributed by atoms with E-state index in [1.165, 1.54) is 12.1 Å². The maximum atomic E-state index is 5.62. The van der Waals surface area contributed by atoms with Crippen molar-refractivity contribution in [2.45, 2.75) is 26.8 Å². The summed E-state index contributed by atoms with van der Waals surface area (Å²) < 4.78 is 0. The molecule has 0 amide bonds. The molecule has 2 unspecified atom stereocenters. The highest BCUT2D eigenvalue weighted by Gasteiger charge is 2.21. The minimum atomic E-state index is 0.521. The number of pyridine rings is 1. The monoisotopic (exact) mass is 219 g/mol. The van der Waals surface area contributed by atoms with Gasteiger partial charge in [-0.2, -0.15) is 0 Å². The SMILES string of the molecule is CC1CC(C)CN(c2ccnc(CN)c2)C1. The molecule has 88 valence electrons. The van der Waals surface area contributed by atoms with Crippen molar-refractivity contribution in [3.05, 3.63) is 24.0 Å². The second kappa shape index (κ2) is 4.83. The average Bonchev–Trinajstić information content (AvgIpc) is 2.28. The van der Waals surface area contributed by atoms with E-state index in [0.717, 1.165) is 30.6 Å². The molecule has 1 saturated heterocycles. The number of aromatic nitrogens is 1. The summed E-state index contributed by atoms with van der Waals surface area (Å²) in [4.78, 5) is 6.70. The first-order valence-electron chi connectivity index (χ1n) is 6.09. The lowest BCUT2D eigenvalue weighted by atomic mass is 9.91. The third-order valence-electron chi connectivity index (χ3n) is 3.24. The predicted molar refractivity (Wildman–Crippen MR) is 67.3 cm³/mol. The highest BCUT2D eigenvalue weighted by atomic mass is 15.1. The molecule has 0 radical (unpaired) electrons. The van der Waals surface area contributed by atoms with Crippen LogP contribution in [0.4, 0.5) is 5.69 Å². The van der Waals surface area contributed by atoms with Gasteiger partial charge in [-0.3, -0.25) is 4.98 Å². The van der Waals surface area contributed by atoms with E-state index >= 15 is 0 Å². The molecule has 16 heavy (non-hydrogen) atoms. The van der Waals surface area contributed by atoms with Crippen LogP contribution in [0.2, 0.25) is 0 Å². The van der Waals surface area contributed by atoms with Gasteiger partial charge in [0, 0.05) is 31.5 Å². The van der Waals surface area contributed by atoms with E-state index in [-0.39, 0.29) is 0 Å². The van der Waals surface area contributed by atoms with Crippen molar-refractivity contribution < 1.29 is 0 Å². The quantitative estimate of drug-likeness (QED) is 0.827. The third kappa shape index (κ3) is 2.53. The van der Waals surface area contributed by atoms with Gasteiger partial charge in [0.05, 0.1) is 5.69 Å². The van der Waals surface area contributed by atoms with Gasteiger partial charge in [-0.25, -0.2) is 0 Å². The molecule has 2 N–H and O–H groups in total. The summed E-state index contributed by atoms with van der Waals surface area (Å²) in [5.74, 6) is 1.55. The van der Waals surface area contributed by atoms with Gasteiger partial charge >= 0.3 is 0 Å². The summed E-state index contributed by atoms with van der Waals surface area (Å²) in [5, 5.41) is 0. The summed E-state index contributed by atoms with van der Waals surface area (Å²) in [5.41, 5.74) is 7.87. The van der Waals surface area contributed by atoms with Gasteiger partial charge < -0.3 is 10.6 Å². The maximum absolute atomic E-state index is 5.62. The molecule has 1 aliphatic heterocycles. The van der Waals surface area contributed by atoms with Crippen molar-refractivity contribution in [1.29, 1.82) is 0 Å². The summed E-state index contributed by atoms with van der Waals surface area (Å²) in [6.45, 7) is 7.48. The average molecular weight is 219 g/mol. The zero-order valence-electron chi connectivity index (χ0n) is 10.2. The Hall–Kier alpha value is -1.09. The highest BCUT2D eigenvalue weighted by Crippen LogP contribution is 2.26. The lowest BCUT2D eigenvalue weighted by Gasteiger charge is -2.36. The second-order valence-electron chi connectivity index (χ2n) is 5.06. The Bertz CT molecular complexity index is 341. The number of rotatable bonds is 2. The molecule has 1 aromatic heterocycles. The van der Waals surface area contributed by atoms with Gasteiger partial charge in [-0.1, -0.05) is 13.8 Å². The van der Waals surface area contributed by atoms with Crippen molar-refractivity contribution >= 4 is 5.69 Å². The van der Waals surface area contributed by atoms with Gasteiger partial charge in [-0.15, -0.1) is 0 Å². The Kier molecular flexibility index (Phi) is 3.44. The Balaban J connectivity index is 2.16. The molecule has 0 aromatic carbocycles. The van der Waals surface area contributed by atoms with Crippen LogP contribution in [-0.2, 0) is 6.54 Å². The summed E-state index contributed by atoms with van der Waals surface area (Å²) in [6, 6.07) is 4.20. The molecule has 0 aliphatic carbocycles. The normalized spacial score (nSPS) is 25.8. The zero-order valence-corrected chi connectivity index (χ0v) is 10.2. The van der Waals surface area contributed by atoms with Crippen LogP contribution in [-0.4, -0.2) is 18.1 Å². The predicted octanol–water partition coefficient (Wildman–Crippen LogP) is 2.02. The molecule has 3 heteroatoms. The first-order valence-corrected chi connectivity index (χ1v) is 6.09. The minimum absolute atomic E-state index is 0.521. The summed E-state index contributed by atoms with van der Waals surface area (Å²) >= 11 is 0. The molecule has 2 atom stereocenters. The number of nitrogens with two attached hydrogens (primary N) is 1. The number of nitrogens with zero attached hydrogens (tertiary/aromatic N) is 2. The molecule has 2 heterocycles. The van der Waals surface area contributed by atoms with Crippen molar-refractivity contribution in [2.75, 3.05) is 18.0 Å². The lowest BCUT2D eigenvalue weighted by Crippen LogP contribution is -2.38. The van der Waals surface area contributed by atoms with E-state index in [1.807, 2.05) is 6.20 Å². The van der Waals surface area contributed by atoms with Gasteiger partial charge in [0.2, 0.25) is 0 Å². The van der Waals surface area contributed by atoms with Gasteiger partial charge in [0.15, 0.2) is 0 Å². The number of hydrogen-bond donors (Lipinski definition) is 1. The van der Waals surface area contributed by atoms with Crippen LogP contribution in [0, 0.1) is 11.8 Å². The molecular weight excluding hydrogens is 198 g/mol. The Morgan fingerprint density at radius 2 is 2.06 bits per heavy atom. The van der Waals surface area contributed by atoms with Crippen LogP contribution in [0.3, 0.4) is 0 Å². The fourth-order valence-corrected chi connectivity index (χ4v) is 2.65. The highest BCUT2D eigenvalue weighted by molar-refractivity contribution is 5.47. The van der Waals surface area contributed by atoms with Crippen LogP contribution in [0.5, 0.6) is 0 Å². The molecule has 2 rings (SSSR count). The molecule has 0 bridgehead atoms. The zero-order chi connectivity index (χ0) is 11.5. The van der Waals surface area contributed by atoms with Crippen molar-refractivity contribution in [1.82, 2.24) is 4.98 Å². The van der Waals surface area contributed by atoms with Crippen LogP contribution < -0.4 is 10.6 Å². The van der Waals surface area contributed by atoms with E-state index < -0.39 is 0 Å². The molecule has 1 aromatic rings. The Morgan fingerprint density at radius 3 is 2.69 bits per heavy atom. The third-order valence-corrected chi connectivity index (χ3v) is 3.24. The molecule has 0 spiro atoms. The smallest absolute Gasteiger partial charge is 0.0560 e. The van der Waals surface area contributed by atoms with Crippen molar-refractivity contribution in [3.63, 3.8) is 0 Å². The first kappa shape index (κ1) is 11.4. The minimum Gasteiger partial charge on any atom is -0.371 e. The number of piperidine rings is 1.